The summed E-state index contributed by atoms with van der Waals surface area (Å²) in [6.45, 7) is 8.89. The van der Waals surface area contributed by atoms with Crippen LogP contribution in [0.1, 0.15) is 46.5 Å². The van der Waals surface area contributed by atoms with Gasteiger partial charge in [-0.05, 0) is 38.1 Å². The molecule has 0 saturated carbocycles. The van der Waals surface area contributed by atoms with E-state index >= 15 is 0 Å². The highest BCUT2D eigenvalue weighted by Gasteiger charge is 2.34. The molecular formula is C17H34F3IN4. The molecular weight excluding hydrogens is 444 g/mol. The Morgan fingerprint density at radius 1 is 1.24 bits per heavy atom. The first-order valence-corrected chi connectivity index (χ1v) is 9.11. The lowest BCUT2D eigenvalue weighted by molar-refractivity contribution is -0.143. The van der Waals surface area contributed by atoms with Crippen LogP contribution in [-0.2, 0) is 0 Å². The number of hydrogen-bond acceptors (Lipinski definition) is 2. The van der Waals surface area contributed by atoms with E-state index in [1.807, 2.05) is 6.92 Å². The van der Waals surface area contributed by atoms with E-state index in [2.05, 4.69) is 29.5 Å². The minimum absolute atomic E-state index is 0. The molecule has 0 aromatic rings. The second-order valence-electron chi connectivity index (χ2n) is 7.04. The predicted octanol–water partition coefficient (Wildman–Crippen LogP) is 3.87. The van der Waals surface area contributed by atoms with E-state index in [0.29, 0.717) is 19.6 Å². The van der Waals surface area contributed by atoms with Crippen LogP contribution in [0, 0.1) is 11.8 Å². The van der Waals surface area contributed by atoms with E-state index in [0.717, 1.165) is 37.8 Å². The summed E-state index contributed by atoms with van der Waals surface area (Å²) in [6, 6.07) is 0. The molecule has 150 valence electrons. The second kappa shape index (κ2) is 13.0. The average Bonchev–Trinajstić information content (AvgIpc) is 2.89. The summed E-state index contributed by atoms with van der Waals surface area (Å²) >= 11 is 0. The van der Waals surface area contributed by atoms with Gasteiger partial charge >= 0.3 is 6.18 Å². The van der Waals surface area contributed by atoms with Crippen LogP contribution >= 0.6 is 24.0 Å². The van der Waals surface area contributed by atoms with Crippen molar-refractivity contribution in [2.75, 3.05) is 39.3 Å². The highest BCUT2D eigenvalue weighted by atomic mass is 127. The van der Waals surface area contributed by atoms with Crippen molar-refractivity contribution in [2.24, 2.45) is 16.8 Å². The Morgan fingerprint density at radius 3 is 2.56 bits per heavy atom. The van der Waals surface area contributed by atoms with Crippen molar-refractivity contribution < 1.29 is 13.2 Å². The zero-order chi connectivity index (χ0) is 18.0. The fourth-order valence-corrected chi connectivity index (χ4v) is 2.91. The number of rotatable bonds is 9. The molecule has 1 aliphatic heterocycles. The molecule has 1 saturated heterocycles. The van der Waals surface area contributed by atoms with Crippen LogP contribution in [0.5, 0.6) is 0 Å². The van der Waals surface area contributed by atoms with Gasteiger partial charge in [0.1, 0.15) is 0 Å². The first-order chi connectivity index (χ1) is 11.3. The van der Waals surface area contributed by atoms with E-state index in [-0.39, 0.29) is 29.9 Å². The van der Waals surface area contributed by atoms with Gasteiger partial charge in [-0.15, -0.1) is 24.0 Å². The molecule has 8 heteroatoms. The molecule has 0 aromatic heterocycles. The Balaban J connectivity index is 0.00000576. The maximum absolute atomic E-state index is 12.4. The summed E-state index contributed by atoms with van der Waals surface area (Å²) in [5.74, 6) is 1.72. The van der Waals surface area contributed by atoms with Gasteiger partial charge < -0.3 is 10.6 Å². The summed E-state index contributed by atoms with van der Waals surface area (Å²) in [5, 5.41) is 6.51. The van der Waals surface area contributed by atoms with Crippen LogP contribution in [0.15, 0.2) is 4.99 Å². The SMILES string of the molecule is CCNC(=NCC1CCN(CC(F)(F)F)C1)NCCCCC(C)C.I. The minimum atomic E-state index is -4.11. The van der Waals surface area contributed by atoms with Gasteiger partial charge in [0.05, 0.1) is 6.54 Å². The summed E-state index contributed by atoms with van der Waals surface area (Å²) in [6.07, 6.45) is 0.203. The maximum atomic E-state index is 12.4. The summed E-state index contributed by atoms with van der Waals surface area (Å²) in [5.41, 5.74) is 0. The van der Waals surface area contributed by atoms with Crippen LogP contribution in [0.3, 0.4) is 0 Å². The molecule has 1 fully saturated rings. The molecule has 0 bridgehead atoms. The number of likely N-dealkylation sites (tertiary alicyclic amines) is 1. The van der Waals surface area contributed by atoms with Crippen molar-refractivity contribution in [1.29, 1.82) is 0 Å². The number of nitrogens with zero attached hydrogens (tertiary/aromatic N) is 2. The number of aliphatic imine (C=N–C) groups is 1. The lowest BCUT2D eigenvalue weighted by atomic mass is 10.1. The molecule has 4 nitrogen and oxygen atoms in total. The van der Waals surface area contributed by atoms with Crippen molar-refractivity contribution >= 4 is 29.9 Å². The normalized spacial score (nSPS) is 19.2. The second-order valence-corrected chi connectivity index (χ2v) is 7.04. The smallest absolute Gasteiger partial charge is 0.357 e. The van der Waals surface area contributed by atoms with E-state index < -0.39 is 12.7 Å². The summed E-state index contributed by atoms with van der Waals surface area (Å²) < 4.78 is 37.2. The fourth-order valence-electron chi connectivity index (χ4n) is 2.91. The van der Waals surface area contributed by atoms with Gasteiger partial charge in [-0.3, -0.25) is 9.89 Å². The quantitative estimate of drug-likeness (QED) is 0.229. The Morgan fingerprint density at radius 2 is 1.96 bits per heavy atom. The van der Waals surface area contributed by atoms with Gasteiger partial charge in [-0.25, -0.2) is 0 Å². The van der Waals surface area contributed by atoms with E-state index in [1.54, 1.807) is 0 Å². The standard InChI is InChI=1S/C17H33F3N4.HI/c1-4-21-16(22-9-6-5-7-14(2)3)23-11-15-8-10-24(12-15)13-17(18,19)20;/h14-15H,4-13H2,1-3H3,(H2,21,22,23);1H. The Labute approximate surface area is 167 Å². The van der Waals surface area contributed by atoms with Gasteiger partial charge in [0.2, 0.25) is 0 Å². The molecule has 25 heavy (non-hydrogen) atoms. The maximum Gasteiger partial charge on any atom is 0.401 e. The third-order valence-corrected chi connectivity index (χ3v) is 4.13. The number of unbranched alkanes of at least 4 members (excludes halogenated alkanes) is 1. The monoisotopic (exact) mass is 478 g/mol. The molecule has 0 aliphatic carbocycles. The number of hydrogen-bond donors (Lipinski definition) is 2. The number of halogens is 4. The summed E-state index contributed by atoms with van der Waals surface area (Å²) in [7, 11) is 0. The zero-order valence-electron chi connectivity index (χ0n) is 15.7. The molecule has 1 heterocycles. The van der Waals surface area contributed by atoms with Crippen LogP contribution < -0.4 is 10.6 Å². The lowest BCUT2D eigenvalue weighted by Gasteiger charge is -2.17. The average molecular weight is 478 g/mol. The van der Waals surface area contributed by atoms with Gasteiger partial charge in [0.25, 0.3) is 0 Å². The van der Waals surface area contributed by atoms with Crippen LogP contribution in [0.25, 0.3) is 0 Å². The Hall–Kier alpha value is -0.250. The lowest BCUT2D eigenvalue weighted by Crippen LogP contribution is -2.38. The van der Waals surface area contributed by atoms with E-state index in [9.17, 15) is 13.2 Å². The molecule has 1 aliphatic rings. The van der Waals surface area contributed by atoms with Crippen molar-refractivity contribution in [3.05, 3.63) is 0 Å². The molecule has 1 atom stereocenters. The van der Waals surface area contributed by atoms with Crippen molar-refractivity contribution in [2.45, 2.75) is 52.6 Å². The minimum Gasteiger partial charge on any atom is -0.357 e. The number of guanidine groups is 1. The van der Waals surface area contributed by atoms with Crippen molar-refractivity contribution in [3.8, 4) is 0 Å². The van der Waals surface area contributed by atoms with Crippen molar-refractivity contribution in [3.63, 3.8) is 0 Å². The molecule has 2 N–H and O–H groups in total. The van der Waals surface area contributed by atoms with Gasteiger partial charge in [-0.1, -0.05) is 26.7 Å². The largest absolute Gasteiger partial charge is 0.401 e. The first kappa shape index (κ1) is 24.8. The first-order valence-electron chi connectivity index (χ1n) is 9.11. The zero-order valence-corrected chi connectivity index (χ0v) is 18.0. The van der Waals surface area contributed by atoms with E-state index in [4.69, 9.17) is 0 Å². The third kappa shape index (κ3) is 12.7. The fraction of sp³-hybridized carbons (Fsp3) is 0.941. The molecule has 0 radical (unpaired) electrons. The van der Waals surface area contributed by atoms with Crippen LogP contribution in [0.4, 0.5) is 13.2 Å². The predicted molar refractivity (Wildman–Crippen MR) is 109 cm³/mol. The highest BCUT2D eigenvalue weighted by molar-refractivity contribution is 14.0. The topological polar surface area (TPSA) is 39.7 Å². The van der Waals surface area contributed by atoms with Crippen LogP contribution in [0.2, 0.25) is 0 Å². The molecule has 0 amide bonds. The van der Waals surface area contributed by atoms with Gasteiger partial charge in [-0.2, -0.15) is 13.2 Å². The number of nitrogens with one attached hydrogen (secondary N) is 2. The van der Waals surface area contributed by atoms with Crippen LogP contribution in [-0.4, -0.2) is 56.3 Å². The summed E-state index contributed by atoms with van der Waals surface area (Å²) in [4.78, 5) is 6.02. The Kier molecular flexibility index (Phi) is 12.9. The molecule has 1 rings (SSSR count). The third-order valence-electron chi connectivity index (χ3n) is 4.13. The van der Waals surface area contributed by atoms with Gasteiger partial charge in [0, 0.05) is 26.2 Å². The molecule has 0 aromatic carbocycles. The van der Waals surface area contributed by atoms with Gasteiger partial charge in [0.15, 0.2) is 5.96 Å². The highest BCUT2D eigenvalue weighted by Crippen LogP contribution is 2.22. The molecule has 1 unspecified atom stereocenters. The molecule has 0 spiro atoms. The number of alkyl halides is 3. The van der Waals surface area contributed by atoms with E-state index in [1.165, 1.54) is 17.7 Å². The van der Waals surface area contributed by atoms with Crippen molar-refractivity contribution in [1.82, 2.24) is 15.5 Å². The Bertz CT molecular complexity index is 375.